The van der Waals surface area contributed by atoms with Crippen molar-refractivity contribution in [3.63, 3.8) is 0 Å². The predicted octanol–water partition coefficient (Wildman–Crippen LogP) is -2.68. The first-order valence-corrected chi connectivity index (χ1v) is 4.54. The number of carboxylic acids is 2. The van der Waals surface area contributed by atoms with Gasteiger partial charge in [0, 0.05) is 4.90 Å². The van der Waals surface area contributed by atoms with Crippen molar-refractivity contribution in [2.75, 3.05) is 0 Å². The van der Waals surface area contributed by atoms with Crippen LogP contribution in [0, 0.1) is 0 Å². The van der Waals surface area contributed by atoms with Crippen molar-refractivity contribution in [1.82, 2.24) is 0 Å². The summed E-state index contributed by atoms with van der Waals surface area (Å²) in [7, 11) is 0. The van der Waals surface area contributed by atoms with Gasteiger partial charge in [-0.2, -0.15) is 4.33 Å². The Bertz CT molecular complexity index is 422. The van der Waals surface area contributed by atoms with Crippen molar-refractivity contribution in [3.05, 3.63) is 29.3 Å². The Kier molecular flexibility index (Phi) is 7.39. The molecule has 0 spiro atoms. The molecule has 2 N–H and O–H groups in total. The molecule has 1 aromatic rings. The number of benzene rings is 1. The summed E-state index contributed by atoms with van der Waals surface area (Å²) >= 11 is 0.481. The smallest absolute Gasteiger partial charge is 0.691 e. The second-order valence-corrected chi connectivity index (χ2v) is 3.31. The summed E-state index contributed by atoms with van der Waals surface area (Å²) < 4.78 is 3.98. The number of hydrogen-bond acceptors (Lipinski definition) is 6. The van der Waals surface area contributed by atoms with Crippen LogP contribution in [0.4, 0.5) is 0 Å². The van der Waals surface area contributed by atoms with Gasteiger partial charge in [-0.25, -0.2) is 9.59 Å². The summed E-state index contributed by atoms with van der Waals surface area (Å²) in [5, 5.41) is 30.1. The van der Waals surface area contributed by atoms with Gasteiger partial charge in [-0.3, -0.25) is 5.04 Å². The Hall–Kier alpha value is -0.610. The molecular weight excluding hydrogens is 263 g/mol. The Balaban J connectivity index is 0.00000256. The van der Waals surface area contributed by atoms with E-state index >= 15 is 0 Å². The average Bonchev–Trinajstić information content (AvgIpc) is 2.25. The molecule has 9 heteroatoms. The molecule has 17 heavy (non-hydrogen) atoms. The van der Waals surface area contributed by atoms with E-state index in [4.69, 9.17) is 10.2 Å². The number of hydrogen-bond donors (Lipinski definition) is 2. The van der Waals surface area contributed by atoms with Crippen molar-refractivity contribution in [3.8, 4) is 0 Å². The van der Waals surface area contributed by atoms with Gasteiger partial charge in [-0.15, -0.1) is 0 Å². The number of aromatic carboxylic acids is 2. The minimum Gasteiger partial charge on any atom is -0.691 e. The van der Waals surface area contributed by atoms with Gasteiger partial charge in [0.05, 0.1) is 23.2 Å². The molecule has 0 amide bonds. The quantitative estimate of drug-likeness (QED) is 0.257. The molecule has 0 radical (unpaired) electrons. The van der Waals surface area contributed by atoms with Gasteiger partial charge in [0.15, 0.2) is 0 Å². The number of rotatable bonds is 5. The van der Waals surface area contributed by atoms with Crippen molar-refractivity contribution in [1.29, 1.82) is 0 Å². The maximum Gasteiger partial charge on any atom is 1.00 e. The molecule has 0 saturated heterocycles. The number of carbonyl (C=O) groups is 2. The standard InChI is InChI=1S/C8H6O7S.Na/c9-7(10)5-2-1-4(16-15-14-13)3-6(5)8(11)12;/h1-3,13H,(H,9,10)(H,11,12);/q;+1/p-1. The third-order valence-corrected chi connectivity index (χ3v) is 2.18. The van der Waals surface area contributed by atoms with Crippen LogP contribution in [0.1, 0.15) is 20.7 Å². The predicted molar refractivity (Wildman–Crippen MR) is 48.4 cm³/mol. The van der Waals surface area contributed by atoms with E-state index < -0.39 is 17.5 Å². The van der Waals surface area contributed by atoms with Crippen LogP contribution in [0.3, 0.4) is 0 Å². The van der Waals surface area contributed by atoms with E-state index in [2.05, 4.69) is 9.37 Å². The van der Waals surface area contributed by atoms with Crippen LogP contribution >= 0.6 is 12.0 Å². The molecule has 86 valence electrons. The van der Waals surface area contributed by atoms with Gasteiger partial charge in [-0.1, -0.05) is 0 Å². The van der Waals surface area contributed by atoms with Crippen molar-refractivity contribution in [2.45, 2.75) is 4.90 Å². The monoisotopic (exact) mass is 268 g/mol. The van der Waals surface area contributed by atoms with Crippen LogP contribution in [0.2, 0.25) is 0 Å². The van der Waals surface area contributed by atoms with Crippen LogP contribution in [-0.4, -0.2) is 22.2 Å². The maximum atomic E-state index is 10.7. The summed E-state index contributed by atoms with van der Waals surface area (Å²) in [5.41, 5.74) is -0.744. The summed E-state index contributed by atoms with van der Waals surface area (Å²) in [4.78, 5) is 21.7. The van der Waals surface area contributed by atoms with Crippen LogP contribution in [0.5, 0.6) is 0 Å². The normalized spacial score (nSPS) is 9.47. The van der Waals surface area contributed by atoms with Crippen LogP contribution in [-0.2, 0) is 9.37 Å². The molecular formula is C8H5NaO7S. The molecule has 0 heterocycles. The Morgan fingerprint density at radius 3 is 2.24 bits per heavy atom. The van der Waals surface area contributed by atoms with Gasteiger partial charge in [0.25, 0.3) is 0 Å². The summed E-state index contributed by atoms with van der Waals surface area (Å²) in [6.45, 7) is 0. The summed E-state index contributed by atoms with van der Waals surface area (Å²) in [6.07, 6.45) is 0. The first-order valence-electron chi connectivity index (χ1n) is 3.80. The van der Waals surface area contributed by atoms with E-state index in [0.29, 0.717) is 12.0 Å². The molecule has 0 aliphatic rings. The molecule has 0 atom stereocenters. The zero-order chi connectivity index (χ0) is 12.1. The molecule has 1 rings (SSSR count). The fraction of sp³-hybridized carbons (Fsp3) is 0. The maximum absolute atomic E-state index is 10.7. The topological polar surface area (TPSA) is 116 Å². The zero-order valence-corrected chi connectivity index (χ0v) is 11.4. The van der Waals surface area contributed by atoms with Gasteiger partial charge in [0.1, 0.15) is 0 Å². The fourth-order valence-corrected chi connectivity index (χ4v) is 1.39. The SMILES string of the molecule is O=C(O)c1ccc(SOO[O-])cc1C(=O)O.[Na+]. The fourth-order valence-electron chi connectivity index (χ4n) is 0.992. The second-order valence-electron chi connectivity index (χ2n) is 2.54. The van der Waals surface area contributed by atoms with Gasteiger partial charge in [0.2, 0.25) is 0 Å². The van der Waals surface area contributed by atoms with Gasteiger partial charge >= 0.3 is 41.5 Å². The molecule has 0 aliphatic carbocycles. The Labute approximate surface area is 122 Å². The largest absolute Gasteiger partial charge is 1.00 e. The van der Waals surface area contributed by atoms with Gasteiger partial charge in [-0.05, 0) is 18.2 Å². The molecule has 0 fully saturated rings. The summed E-state index contributed by atoms with van der Waals surface area (Å²) in [6, 6.07) is 3.46. The van der Waals surface area contributed by atoms with E-state index in [1.807, 2.05) is 0 Å². The third kappa shape index (κ3) is 4.64. The van der Waals surface area contributed by atoms with E-state index in [0.717, 1.165) is 12.1 Å². The Morgan fingerprint density at radius 2 is 1.76 bits per heavy atom. The minimum absolute atomic E-state index is 0. The zero-order valence-electron chi connectivity index (χ0n) is 8.58. The van der Waals surface area contributed by atoms with Crippen LogP contribution < -0.4 is 34.8 Å². The van der Waals surface area contributed by atoms with Gasteiger partial charge < -0.3 is 15.5 Å². The van der Waals surface area contributed by atoms with Crippen molar-refractivity contribution < 1.29 is 64.0 Å². The second kappa shape index (κ2) is 7.67. The van der Waals surface area contributed by atoms with E-state index in [-0.39, 0.29) is 40.0 Å². The Morgan fingerprint density at radius 1 is 1.18 bits per heavy atom. The molecule has 0 bridgehead atoms. The van der Waals surface area contributed by atoms with E-state index in [9.17, 15) is 14.8 Å². The van der Waals surface area contributed by atoms with Crippen LogP contribution in [0.15, 0.2) is 23.1 Å². The molecule has 7 nitrogen and oxygen atoms in total. The van der Waals surface area contributed by atoms with Crippen molar-refractivity contribution >= 4 is 24.0 Å². The first-order chi connectivity index (χ1) is 7.56. The minimum atomic E-state index is -1.39. The molecule has 0 unspecified atom stereocenters. The van der Waals surface area contributed by atoms with Crippen molar-refractivity contribution in [2.24, 2.45) is 0 Å². The average molecular weight is 268 g/mol. The summed E-state index contributed by atoms with van der Waals surface area (Å²) in [5.74, 6) is -2.74. The molecule has 0 aromatic heterocycles. The molecule has 0 saturated carbocycles. The molecule has 1 aromatic carbocycles. The third-order valence-electron chi connectivity index (χ3n) is 1.61. The van der Waals surface area contributed by atoms with Crippen LogP contribution in [0.25, 0.3) is 0 Å². The number of carboxylic acid groups (broad SMARTS) is 2. The molecule has 0 aliphatic heterocycles. The van der Waals surface area contributed by atoms with E-state index in [1.165, 1.54) is 6.07 Å². The van der Waals surface area contributed by atoms with E-state index in [1.54, 1.807) is 0 Å². The first kappa shape index (κ1) is 16.4.